The Morgan fingerprint density at radius 1 is 1.31 bits per heavy atom. The highest BCUT2D eigenvalue weighted by atomic mass is 79.9. The molecule has 0 amide bonds. The van der Waals surface area contributed by atoms with Gasteiger partial charge in [0.15, 0.2) is 0 Å². The molecule has 0 aliphatic rings. The van der Waals surface area contributed by atoms with E-state index in [4.69, 9.17) is 4.74 Å². The third kappa shape index (κ3) is 3.65. The predicted molar refractivity (Wildman–Crippen MR) is 108 cm³/mol. The van der Waals surface area contributed by atoms with Crippen molar-refractivity contribution in [2.75, 3.05) is 11.8 Å². The number of anilines is 1. The fourth-order valence-electron chi connectivity index (χ4n) is 2.86. The van der Waals surface area contributed by atoms with Gasteiger partial charge in [-0.2, -0.15) is 4.98 Å². The number of alkyl halides is 2. The summed E-state index contributed by atoms with van der Waals surface area (Å²) in [4.78, 5) is 11.9. The first-order valence-electron chi connectivity index (χ1n) is 8.04. The molecule has 8 nitrogen and oxygen atoms in total. The lowest BCUT2D eigenvalue weighted by Crippen LogP contribution is -2.15. The molecule has 4 aromatic rings. The van der Waals surface area contributed by atoms with Gasteiger partial charge in [-0.15, -0.1) is 0 Å². The average Bonchev–Trinajstić information content (AvgIpc) is 3.29. The van der Waals surface area contributed by atoms with Crippen LogP contribution < -0.4 is 9.46 Å². The number of fused-ring (bicyclic) bond motifs is 3. The molecule has 0 spiro atoms. The number of rotatable bonds is 6. The fourth-order valence-corrected chi connectivity index (χ4v) is 5.35. The monoisotopic (exact) mass is 503 g/mol. The molecule has 0 aliphatic carbocycles. The van der Waals surface area contributed by atoms with Gasteiger partial charge in [0, 0.05) is 45.8 Å². The molecule has 152 valence electrons. The van der Waals surface area contributed by atoms with Gasteiger partial charge in [-0.3, -0.25) is 4.98 Å². The molecule has 4 rings (SSSR count). The first kappa shape index (κ1) is 19.9. The molecule has 0 radical (unpaired) electrons. The number of benzene rings is 1. The highest BCUT2D eigenvalue weighted by Crippen LogP contribution is 2.36. The Bertz CT molecular complexity index is 1320. The third-order valence-corrected chi connectivity index (χ3v) is 7.21. The molecular weight excluding hydrogens is 492 g/mol. The number of ether oxygens (including phenoxy) is 1. The second kappa shape index (κ2) is 7.46. The maximum atomic E-state index is 12.9. The Hall–Kier alpha value is -2.38. The summed E-state index contributed by atoms with van der Waals surface area (Å²) in [5.74, 6) is -0.417. The Kier molecular flexibility index (Phi) is 5.12. The molecule has 3 aromatic heterocycles. The molecule has 0 atom stereocenters. The zero-order valence-corrected chi connectivity index (χ0v) is 17.8. The first-order valence-corrected chi connectivity index (χ1v) is 11.1. The van der Waals surface area contributed by atoms with Crippen LogP contribution in [0, 0.1) is 0 Å². The maximum absolute atomic E-state index is 12.9. The molecule has 0 aliphatic heterocycles. The maximum Gasteiger partial charge on any atom is 0.266 e. The largest absolute Gasteiger partial charge is 0.481 e. The van der Waals surface area contributed by atoms with Crippen molar-refractivity contribution in [3.8, 4) is 5.88 Å². The van der Waals surface area contributed by atoms with Crippen LogP contribution in [0.3, 0.4) is 0 Å². The second-order valence-electron chi connectivity index (χ2n) is 5.91. The Morgan fingerprint density at radius 3 is 2.83 bits per heavy atom. The van der Waals surface area contributed by atoms with Crippen molar-refractivity contribution in [3.05, 3.63) is 34.7 Å². The van der Waals surface area contributed by atoms with Crippen LogP contribution in [0.4, 0.5) is 14.7 Å². The number of hydrogen-bond donors (Lipinski definition) is 2. The van der Waals surface area contributed by atoms with Crippen molar-refractivity contribution in [2.45, 2.75) is 17.7 Å². The summed E-state index contributed by atoms with van der Waals surface area (Å²) < 4.78 is 63.0. The van der Waals surface area contributed by atoms with E-state index in [-0.39, 0.29) is 22.3 Å². The predicted octanol–water partition coefficient (Wildman–Crippen LogP) is 3.95. The van der Waals surface area contributed by atoms with E-state index in [1.807, 2.05) is 0 Å². The lowest BCUT2D eigenvalue weighted by atomic mass is 10.2. The summed E-state index contributed by atoms with van der Waals surface area (Å²) in [5, 5.41) is 1.21. The Morgan fingerprint density at radius 2 is 2.10 bits per heavy atom. The van der Waals surface area contributed by atoms with Crippen LogP contribution in [0.25, 0.3) is 21.0 Å². The van der Waals surface area contributed by atoms with Gasteiger partial charge in [0.05, 0.1) is 17.3 Å². The van der Waals surface area contributed by atoms with Crippen molar-refractivity contribution in [3.63, 3.8) is 0 Å². The Balaban J connectivity index is 1.74. The van der Waals surface area contributed by atoms with Gasteiger partial charge in [-0.25, -0.2) is 26.9 Å². The molecule has 0 saturated carbocycles. The normalized spacial score (nSPS) is 12.2. The summed E-state index contributed by atoms with van der Waals surface area (Å²) >= 11 is 4.83. The minimum absolute atomic E-state index is 0.0551. The number of aromatic nitrogens is 4. The molecule has 0 unspecified atom stereocenters. The number of halogens is 3. The van der Waals surface area contributed by atoms with Gasteiger partial charge >= 0.3 is 0 Å². The topological polar surface area (TPSA) is 110 Å². The van der Waals surface area contributed by atoms with Crippen LogP contribution in [-0.4, -0.2) is 41.3 Å². The second-order valence-corrected chi connectivity index (χ2v) is 9.27. The minimum atomic E-state index is -4.09. The molecule has 0 bridgehead atoms. The number of aromatic amines is 1. The lowest BCUT2D eigenvalue weighted by molar-refractivity contribution is 0.147. The van der Waals surface area contributed by atoms with E-state index < -0.39 is 22.9 Å². The summed E-state index contributed by atoms with van der Waals surface area (Å²) in [6, 6.07) is 1.68. The van der Waals surface area contributed by atoms with Crippen LogP contribution in [0.1, 0.15) is 5.56 Å². The van der Waals surface area contributed by atoms with Gasteiger partial charge in [0.25, 0.3) is 10.0 Å². The van der Waals surface area contributed by atoms with Crippen molar-refractivity contribution in [2.24, 2.45) is 0 Å². The van der Waals surface area contributed by atoms with E-state index in [0.29, 0.717) is 10.9 Å². The van der Waals surface area contributed by atoms with Crippen molar-refractivity contribution < 1.29 is 21.9 Å². The number of sulfonamides is 1. The summed E-state index contributed by atoms with van der Waals surface area (Å²) in [6.07, 6.45) is 0.897. The highest BCUT2D eigenvalue weighted by Gasteiger charge is 2.24. The van der Waals surface area contributed by atoms with E-state index in [9.17, 15) is 17.2 Å². The summed E-state index contributed by atoms with van der Waals surface area (Å²) in [5.41, 5.74) is 0.609. The van der Waals surface area contributed by atoms with Crippen molar-refractivity contribution in [1.82, 2.24) is 19.3 Å². The zero-order chi connectivity index (χ0) is 20.8. The smallest absolute Gasteiger partial charge is 0.266 e. The minimum Gasteiger partial charge on any atom is -0.481 e. The molecule has 2 N–H and O–H groups in total. The van der Waals surface area contributed by atoms with Crippen LogP contribution >= 0.6 is 27.5 Å². The van der Waals surface area contributed by atoms with Crippen LogP contribution in [-0.2, 0) is 16.4 Å². The van der Waals surface area contributed by atoms with E-state index in [1.54, 1.807) is 12.3 Å². The Labute approximate surface area is 175 Å². The summed E-state index contributed by atoms with van der Waals surface area (Å²) in [6.45, 7) is 0. The van der Waals surface area contributed by atoms with E-state index in [0.717, 1.165) is 20.8 Å². The lowest BCUT2D eigenvalue weighted by Gasteiger charge is -2.10. The van der Waals surface area contributed by atoms with Crippen LogP contribution in [0.15, 0.2) is 34.0 Å². The van der Waals surface area contributed by atoms with Crippen molar-refractivity contribution >= 4 is 64.4 Å². The third-order valence-electron chi connectivity index (χ3n) is 4.09. The van der Waals surface area contributed by atoms with Crippen LogP contribution in [0.5, 0.6) is 5.88 Å². The van der Waals surface area contributed by atoms with Crippen LogP contribution in [0.2, 0.25) is 0 Å². The first-order chi connectivity index (χ1) is 13.8. The fraction of sp³-hybridized carbons (Fsp3) is 0.188. The molecule has 3 heterocycles. The number of nitrogens with zero attached hydrogens (tertiary/aromatic N) is 3. The number of nitrogens with one attached hydrogen (secondary N) is 2. The zero-order valence-electron chi connectivity index (χ0n) is 14.6. The molecule has 0 saturated heterocycles. The standard InChI is InChI=1S/C16H12BrF2N5O3S2/c1-27-15-7(2-12(18)19)4-21-16(23-15)24-29(25,26)11-6-20-13-8(11)3-10(17)14-9(13)5-22-28-14/h3-6,12,22H,2H2,1H3,(H,21,23,24). The molecule has 0 fully saturated rings. The number of hydrogen-bond acceptors (Lipinski definition) is 7. The molecule has 1 aromatic carbocycles. The molecular formula is C16H12BrF2N5O3S2. The van der Waals surface area contributed by atoms with Crippen molar-refractivity contribution in [1.29, 1.82) is 0 Å². The van der Waals surface area contributed by atoms with Gasteiger partial charge in [0.1, 0.15) is 4.90 Å². The molecule has 29 heavy (non-hydrogen) atoms. The van der Waals surface area contributed by atoms with E-state index >= 15 is 0 Å². The highest BCUT2D eigenvalue weighted by molar-refractivity contribution is 9.10. The number of methoxy groups -OCH3 is 1. The van der Waals surface area contributed by atoms with Gasteiger partial charge in [-0.05, 0) is 22.0 Å². The summed E-state index contributed by atoms with van der Waals surface area (Å²) in [7, 11) is -2.84. The molecule has 13 heteroatoms. The van der Waals surface area contributed by atoms with Gasteiger partial charge in [0.2, 0.25) is 18.3 Å². The number of H-pyrrole nitrogens is 1. The quantitative estimate of drug-likeness (QED) is 0.412. The van der Waals surface area contributed by atoms with E-state index in [2.05, 4.69) is 40.0 Å². The van der Waals surface area contributed by atoms with Gasteiger partial charge < -0.3 is 9.11 Å². The van der Waals surface area contributed by atoms with Gasteiger partial charge in [-0.1, -0.05) is 11.5 Å². The van der Waals surface area contributed by atoms with E-state index in [1.165, 1.54) is 24.8 Å². The SMILES string of the molecule is COc1nc(NS(=O)(=O)c2cnc3c2cc(Br)c2s[nH]cc23)ncc1CC(F)F. The average molecular weight is 504 g/mol.